The predicted octanol–water partition coefficient (Wildman–Crippen LogP) is 4.17. The summed E-state index contributed by atoms with van der Waals surface area (Å²) in [5, 5.41) is 1.90. The van der Waals surface area contributed by atoms with E-state index < -0.39 is 17.7 Å². The summed E-state index contributed by atoms with van der Waals surface area (Å²) < 4.78 is 27.7. The molecule has 0 aliphatic heterocycles. The van der Waals surface area contributed by atoms with Crippen molar-refractivity contribution in [2.24, 2.45) is 5.73 Å². The maximum Gasteiger partial charge on any atom is 0.131 e. The van der Waals surface area contributed by atoms with Gasteiger partial charge in [0.05, 0.1) is 6.04 Å². The molecule has 3 aromatic carbocycles. The van der Waals surface area contributed by atoms with Crippen molar-refractivity contribution in [3.05, 3.63) is 83.4 Å². The van der Waals surface area contributed by atoms with Gasteiger partial charge in [-0.05, 0) is 28.5 Å². The van der Waals surface area contributed by atoms with Crippen molar-refractivity contribution in [1.29, 1.82) is 0 Å². The quantitative estimate of drug-likeness (QED) is 0.742. The molecular weight excluding hydrogens is 256 g/mol. The first kappa shape index (κ1) is 12.8. The molecule has 20 heavy (non-hydrogen) atoms. The maximum atomic E-state index is 13.9. The van der Waals surface area contributed by atoms with Crippen LogP contribution < -0.4 is 5.73 Å². The fourth-order valence-corrected chi connectivity index (χ4v) is 2.48. The van der Waals surface area contributed by atoms with Crippen LogP contribution in [-0.2, 0) is 0 Å². The minimum absolute atomic E-state index is 0.0937. The summed E-state index contributed by atoms with van der Waals surface area (Å²) in [4.78, 5) is 0. The summed E-state index contributed by atoms with van der Waals surface area (Å²) in [7, 11) is 0. The monoisotopic (exact) mass is 269 g/mol. The average Bonchev–Trinajstić information content (AvgIpc) is 2.46. The van der Waals surface area contributed by atoms with Crippen LogP contribution in [0, 0.1) is 11.6 Å². The Morgan fingerprint density at radius 2 is 1.35 bits per heavy atom. The number of fused-ring (bicyclic) bond motifs is 1. The first-order valence-corrected chi connectivity index (χ1v) is 6.35. The van der Waals surface area contributed by atoms with E-state index in [1.165, 1.54) is 18.2 Å². The Kier molecular flexibility index (Phi) is 3.20. The van der Waals surface area contributed by atoms with Gasteiger partial charge in [-0.1, -0.05) is 48.5 Å². The zero-order chi connectivity index (χ0) is 14.1. The van der Waals surface area contributed by atoms with Crippen LogP contribution in [0.1, 0.15) is 17.2 Å². The van der Waals surface area contributed by atoms with Crippen LogP contribution in [0.2, 0.25) is 0 Å². The summed E-state index contributed by atoms with van der Waals surface area (Å²) in [5.41, 5.74) is 6.73. The number of benzene rings is 3. The number of hydrogen-bond donors (Lipinski definition) is 1. The molecule has 0 radical (unpaired) electrons. The van der Waals surface area contributed by atoms with E-state index in [-0.39, 0.29) is 5.56 Å². The highest BCUT2D eigenvalue weighted by atomic mass is 19.1. The molecule has 0 aliphatic rings. The molecule has 0 aliphatic carbocycles. The Bertz CT molecular complexity index is 742. The Balaban J connectivity index is 2.21. The second-order valence-electron chi connectivity index (χ2n) is 4.68. The molecule has 0 heterocycles. The molecule has 1 atom stereocenters. The third-order valence-corrected chi connectivity index (χ3v) is 3.47. The van der Waals surface area contributed by atoms with E-state index in [0.717, 1.165) is 10.8 Å². The second kappa shape index (κ2) is 5.02. The summed E-state index contributed by atoms with van der Waals surface area (Å²) in [6, 6.07) is 16.2. The molecule has 100 valence electrons. The normalized spacial score (nSPS) is 12.6. The molecule has 3 rings (SSSR count). The van der Waals surface area contributed by atoms with Gasteiger partial charge in [0, 0.05) is 5.56 Å². The summed E-state index contributed by atoms with van der Waals surface area (Å²) >= 11 is 0. The van der Waals surface area contributed by atoms with Crippen molar-refractivity contribution in [3.8, 4) is 0 Å². The van der Waals surface area contributed by atoms with Crippen molar-refractivity contribution in [2.45, 2.75) is 6.04 Å². The van der Waals surface area contributed by atoms with Crippen molar-refractivity contribution in [3.63, 3.8) is 0 Å². The van der Waals surface area contributed by atoms with Gasteiger partial charge in [0.1, 0.15) is 11.6 Å². The van der Waals surface area contributed by atoms with Crippen molar-refractivity contribution in [2.75, 3.05) is 0 Å². The molecule has 1 nitrogen and oxygen atoms in total. The van der Waals surface area contributed by atoms with E-state index in [1.807, 2.05) is 36.4 Å². The molecule has 0 amide bonds. The molecule has 0 aromatic heterocycles. The third kappa shape index (κ3) is 2.06. The van der Waals surface area contributed by atoms with E-state index in [9.17, 15) is 8.78 Å². The van der Waals surface area contributed by atoms with Gasteiger partial charge < -0.3 is 5.73 Å². The Labute approximate surface area is 115 Å². The lowest BCUT2D eigenvalue weighted by Gasteiger charge is -2.16. The standard InChI is InChI=1S/C17H13F2N/c18-14-9-4-10-15(19)16(14)17(20)13-8-3-6-11-5-1-2-7-12(11)13/h1-10,17H,20H2. The van der Waals surface area contributed by atoms with Crippen LogP contribution in [0.25, 0.3) is 10.8 Å². The molecular formula is C17H13F2N. The molecule has 3 heteroatoms. The van der Waals surface area contributed by atoms with Gasteiger partial charge in [-0.3, -0.25) is 0 Å². The molecule has 2 N–H and O–H groups in total. The second-order valence-corrected chi connectivity index (χ2v) is 4.68. The van der Waals surface area contributed by atoms with Crippen LogP contribution in [0.5, 0.6) is 0 Å². The van der Waals surface area contributed by atoms with E-state index in [1.54, 1.807) is 6.07 Å². The number of nitrogens with two attached hydrogens (primary N) is 1. The van der Waals surface area contributed by atoms with Crippen LogP contribution >= 0.6 is 0 Å². The zero-order valence-electron chi connectivity index (χ0n) is 10.7. The molecule has 1 unspecified atom stereocenters. The zero-order valence-corrected chi connectivity index (χ0v) is 10.7. The Morgan fingerprint density at radius 1 is 0.750 bits per heavy atom. The number of halogens is 2. The number of hydrogen-bond acceptors (Lipinski definition) is 1. The highest BCUT2D eigenvalue weighted by Gasteiger charge is 2.19. The van der Waals surface area contributed by atoms with Gasteiger partial charge in [-0.25, -0.2) is 8.78 Å². The lowest BCUT2D eigenvalue weighted by Crippen LogP contribution is -2.16. The first-order chi connectivity index (χ1) is 9.68. The molecule has 0 spiro atoms. The van der Waals surface area contributed by atoms with Crippen molar-refractivity contribution in [1.82, 2.24) is 0 Å². The lowest BCUT2D eigenvalue weighted by molar-refractivity contribution is 0.544. The van der Waals surface area contributed by atoms with Gasteiger partial charge in [-0.15, -0.1) is 0 Å². The summed E-state index contributed by atoms with van der Waals surface area (Å²) in [5.74, 6) is -1.24. The van der Waals surface area contributed by atoms with E-state index in [4.69, 9.17) is 5.73 Å². The summed E-state index contributed by atoms with van der Waals surface area (Å²) in [6.07, 6.45) is 0. The van der Waals surface area contributed by atoms with Crippen LogP contribution in [-0.4, -0.2) is 0 Å². The average molecular weight is 269 g/mol. The van der Waals surface area contributed by atoms with Crippen LogP contribution in [0.3, 0.4) is 0 Å². The minimum atomic E-state index is -0.831. The van der Waals surface area contributed by atoms with Crippen molar-refractivity contribution >= 4 is 10.8 Å². The molecule has 3 aromatic rings. The minimum Gasteiger partial charge on any atom is -0.320 e. The Hall–Kier alpha value is -2.26. The topological polar surface area (TPSA) is 26.0 Å². The predicted molar refractivity (Wildman–Crippen MR) is 76.3 cm³/mol. The highest BCUT2D eigenvalue weighted by Crippen LogP contribution is 2.29. The molecule has 0 saturated heterocycles. The first-order valence-electron chi connectivity index (χ1n) is 6.35. The fourth-order valence-electron chi connectivity index (χ4n) is 2.48. The largest absolute Gasteiger partial charge is 0.320 e. The molecule has 0 bridgehead atoms. The van der Waals surface area contributed by atoms with Gasteiger partial charge >= 0.3 is 0 Å². The van der Waals surface area contributed by atoms with E-state index >= 15 is 0 Å². The SMILES string of the molecule is NC(c1c(F)cccc1F)c1cccc2ccccc12. The smallest absolute Gasteiger partial charge is 0.131 e. The van der Waals surface area contributed by atoms with Gasteiger partial charge in [0.2, 0.25) is 0 Å². The Morgan fingerprint density at radius 3 is 2.10 bits per heavy atom. The van der Waals surface area contributed by atoms with Gasteiger partial charge in [0.15, 0.2) is 0 Å². The van der Waals surface area contributed by atoms with Gasteiger partial charge in [-0.2, -0.15) is 0 Å². The lowest BCUT2D eigenvalue weighted by atomic mass is 9.94. The van der Waals surface area contributed by atoms with Crippen LogP contribution in [0.4, 0.5) is 8.78 Å². The highest BCUT2D eigenvalue weighted by molar-refractivity contribution is 5.86. The number of rotatable bonds is 2. The molecule has 0 fully saturated rings. The fraction of sp³-hybridized carbons (Fsp3) is 0.0588. The maximum absolute atomic E-state index is 13.9. The van der Waals surface area contributed by atoms with Crippen molar-refractivity contribution < 1.29 is 8.78 Å². The van der Waals surface area contributed by atoms with Crippen LogP contribution in [0.15, 0.2) is 60.7 Å². The third-order valence-electron chi connectivity index (χ3n) is 3.47. The summed E-state index contributed by atoms with van der Waals surface area (Å²) in [6.45, 7) is 0. The van der Waals surface area contributed by atoms with E-state index in [0.29, 0.717) is 5.56 Å². The van der Waals surface area contributed by atoms with E-state index in [2.05, 4.69) is 0 Å². The van der Waals surface area contributed by atoms with Gasteiger partial charge in [0.25, 0.3) is 0 Å². The molecule has 0 saturated carbocycles.